The second-order valence-corrected chi connectivity index (χ2v) is 3.58. The Labute approximate surface area is 84.5 Å². The van der Waals surface area contributed by atoms with Crippen molar-refractivity contribution < 1.29 is 9.30 Å². The second kappa shape index (κ2) is 4.11. The van der Waals surface area contributed by atoms with Crippen molar-refractivity contribution in [1.29, 1.82) is 0 Å². The van der Waals surface area contributed by atoms with E-state index in [0.29, 0.717) is 6.04 Å². The van der Waals surface area contributed by atoms with Gasteiger partial charge in [0.25, 0.3) is 0 Å². The molecule has 2 unspecified atom stereocenters. The minimum Gasteiger partial charge on any atom is -0.336 e. The van der Waals surface area contributed by atoms with Crippen LogP contribution in [0.5, 0.6) is 0 Å². The molecule has 0 radical (unpaired) electrons. The van der Waals surface area contributed by atoms with Gasteiger partial charge in [0.1, 0.15) is 12.4 Å². The van der Waals surface area contributed by atoms with Crippen LogP contribution >= 0.6 is 0 Å². The standard InChI is InChI=1S/C10H18N3O/c1-3-11-9-7-14-10(9)13-6-5-12(4-2)8-13/h5-6,8-11H,3-4,7H2,1-2H3/q+1. The van der Waals surface area contributed by atoms with Gasteiger partial charge in [-0.05, 0) is 13.5 Å². The van der Waals surface area contributed by atoms with Gasteiger partial charge in [-0.25, -0.2) is 9.13 Å². The Hall–Kier alpha value is -0.870. The first-order chi connectivity index (χ1) is 6.85. The molecule has 1 aromatic heterocycles. The van der Waals surface area contributed by atoms with Crippen molar-refractivity contribution in [2.24, 2.45) is 0 Å². The molecule has 4 nitrogen and oxygen atoms in total. The summed E-state index contributed by atoms with van der Waals surface area (Å²) in [4.78, 5) is 0. The number of ether oxygens (including phenoxy) is 1. The second-order valence-electron chi connectivity index (χ2n) is 3.58. The Morgan fingerprint density at radius 3 is 2.93 bits per heavy atom. The van der Waals surface area contributed by atoms with Crippen molar-refractivity contribution in [2.75, 3.05) is 13.2 Å². The highest BCUT2D eigenvalue weighted by molar-refractivity contribution is 4.85. The highest BCUT2D eigenvalue weighted by Crippen LogP contribution is 2.22. The molecule has 0 spiro atoms. The van der Waals surface area contributed by atoms with E-state index in [0.717, 1.165) is 19.7 Å². The van der Waals surface area contributed by atoms with Crippen LogP contribution < -0.4 is 9.88 Å². The van der Waals surface area contributed by atoms with E-state index in [1.807, 2.05) is 0 Å². The highest BCUT2D eigenvalue weighted by Gasteiger charge is 2.36. The lowest BCUT2D eigenvalue weighted by Crippen LogP contribution is -2.51. The number of aryl methyl sites for hydroxylation is 1. The van der Waals surface area contributed by atoms with Gasteiger partial charge in [0, 0.05) is 0 Å². The van der Waals surface area contributed by atoms with Gasteiger partial charge in [0.15, 0.2) is 0 Å². The summed E-state index contributed by atoms with van der Waals surface area (Å²) in [5.41, 5.74) is 0. The van der Waals surface area contributed by atoms with Crippen LogP contribution in [-0.4, -0.2) is 23.8 Å². The smallest absolute Gasteiger partial charge is 0.245 e. The van der Waals surface area contributed by atoms with Crippen molar-refractivity contribution in [1.82, 2.24) is 9.88 Å². The minimum atomic E-state index is 0.183. The molecule has 0 amide bonds. The first kappa shape index (κ1) is 9.68. The van der Waals surface area contributed by atoms with E-state index in [1.165, 1.54) is 0 Å². The van der Waals surface area contributed by atoms with Crippen molar-refractivity contribution in [2.45, 2.75) is 32.7 Å². The van der Waals surface area contributed by atoms with Gasteiger partial charge < -0.3 is 10.1 Å². The zero-order valence-corrected chi connectivity index (χ0v) is 8.81. The molecule has 2 rings (SSSR count). The Morgan fingerprint density at radius 2 is 2.43 bits per heavy atom. The van der Waals surface area contributed by atoms with Crippen LogP contribution in [0, 0.1) is 0 Å². The summed E-state index contributed by atoms with van der Waals surface area (Å²) >= 11 is 0. The fourth-order valence-corrected chi connectivity index (χ4v) is 1.74. The molecule has 0 aliphatic carbocycles. The molecule has 0 bridgehead atoms. The topological polar surface area (TPSA) is 30.1 Å². The fraction of sp³-hybridized carbons (Fsp3) is 0.700. The summed E-state index contributed by atoms with van der Waals surface area (Å²) in [6.45, 7) is 7.08. The van der Waals surface area contributed by atoms with Crippen LogP contribution in [0.4, 0.5) is 0 Å². The molecule has 4 heteroatoms. The van der Waals surface area contributed by atoms with Gasteiger partial charge in [-0.15, -0.1) is 0 Å². The maximum atomic E-state index is 5.53. The van der Waals surface area contributed by atoms with Crippen molar-refractivity contribution in [3.05, 3.63) is 18.7 Å². The third-order valence-corrected chi connectivity index (χ3v) is 2.63. The molecular weight excluding hydrogens is 178 g/mol. The molecule has 14 heavy (non-hydrogen) atoms. The first-order valence-electron chi connectivity index (χ1n) is 5.26. The predicted molar refractivity (Wildman–Crippen MR) is 52.8 cm³/mol. The van der Waals surface area contributed by atoms with E-state index in [4.69, 9.17) is 4.74 Å². The summed E-state index contributed by atoms with van der Waals surface area (Å²) in [5.74, 6) is 0. The first-order valence-corrected chi connectivity index (χ1v) is 5.26. The number of rotatable bonds is 4. The number of aromatic nitrogens is 2. The molecule has 2 atom stereocenters. The monoisotopic (exact) mass is 196 g/mol. The van der Waals surface area contributed by atoms with Gasteiger partial charge in [-0.3, -0.25) is 0 Å². The SMILES string of the molecule is CCNC1COC1n1cc[n+](CC)c1. The number of hydrogen-bond donors (Lipinski definition) is 1. The molecule has 1 aliphatic heterocycles. The predicted octanol–water partition coefficient (Wildman–Crippen LogP) is 0.302. The van der Waals surface area contributed by atoms with Crippen LogP contribution in [0.2, 0.25) is 0 Å². The van der Waals surface area contributed by atoms with E-state index >= 15 is 0 Å². The lowest BCUT2D eigenvalue weighted by atomic mass is 10.2. The van der Waals surface area contributed by atoms with Crippen LogP contribution in [0.1, 0.15) is 20.1 Å². The molecule has 1 aromatic rings. The van der Waals surface area contributed by atoms with Gasteiger partial charge in [0.05, 0.1) is 19.2 Å². The summed E-state index contributed by atoms with van der Waals surface area (Å²) in [7, 11) is 0. The number of likely N-dealkylation sites (N-methyl/N-ethyl adjacent to an activating group) is 1. The van der Waals surface area contributed by atoms with E-state index in [9.17, 15) is 0 Å². The van der Waals surface area contributed by atoms with Crippen LogP contribution in [0.15, 0.2) is 18.7 Å². The Kier molecular flexibility index (Phi) is 2.84. The number of nitrogens with zero attached hydrogens (tertiary/aromatic N) is 2. The molecule has 0 saturated carbocycles. The van der Waals surface area contributed by atoms with Crippen molar-refractivity contribution in [3.8, 4) is 0 Å². The normalized spacial score (nSPS) is 26.1. The lowest BCUT2D eigenvalue weighted by molar-refractivity contribution is -0.693. The summed E-state index contributed by atoms with van der Waals surface area (Å²) in [6.07, 6.45) is 6.42. The van der Waals surface area contributed by atoms with E-state index in [1.54, 1.807) is 0 Å². The summed E-state index contributed by atoms with van der Waals surface area (Å²) in [6, 6.07) is 0.470. The third-order valence-electron chi connectivity index (χ3n) is 2.63. The highest BCUT2D eigenvalue weighted by atomic mass is 16.5. The van der Waals surface area contributed by atoms with E-state index in [2.05, 4.69) is 47.0 Å². The van der Waals surface area contributed by atoms with E-state index in [-0.39, 0.29) is 6.23 Å². The largest absolute Gasteiger partial charge is 0.336 e. The molecule has 1 N–H and O–H groups in total. The van der Waals surface area contributed by atoms with Crippen molar-refractivity contribution >= 4 is 0 Å². The molecule has 0 aromatic carbocycles. The fourth-order valence-electron chi connectivity index (χ4n) is 1.74. The maximum Gasteiger partial charge on any atom is 0.245 e. The number of hydrogen-bond acceptors (Lipinski definition) is 2. The quantitative estimate of drug-likeness (QED) is 0.702. The zero-order valence-electron chi connectivity index (χ0n) is 8.81. The molecular formula is C10H18N3O+. The Balaban J connectivity index is 2.00. The van der Waals surface area contributed by atoms with Crippen LogP contribution in [0.3, 0.4) is 0 Å². The van der Waals surface area contributed by atoms with Gasteiger partial charge >= 0.3 is 0 Å². The third kappa shape index (κ3) is 1.67. The van der Waals surface area contributed by atoms with Crippen molar-refractivity contribution in [3.63, 3.8) is 0 Å². The minimum absolute atomic E-state index is 0.183. The summed E-state index contributed by atoms with van der Waals surface area (Å²) in [5, 5.41) is 3.40. The van der Waals surface area contributed by atoms with Gasteiger partial charge in [-0.1, -0.05) is 6.92 Å². The summed E-state index contributed by atoms with van der Waals surface area (Å²) < 4.78 is 9.80. The zero-order chi connectivity index (χ0) is 9.97. The van der Waals surface area contributed by atoms with Gasteiger partial charge in [0.2, 0.25) is 12.6 Å². The molecule has 2 heterocycles. The number of nitrogens with one attached hydrogen (secondary N) is 1. The maximum absolute atomic E-state index is 5.53. The average Bonchev–Trinajstić information content (AvgIpc) is 2.61. The van der Waals surface area contributed by atoms with Crippen LogP contribution in [-0.2, 0) is 11.3 Å². The number of imidazole rings is 1. The Morgan fingerprint density at radius 1 is 1.57 bits per heavy atom. The average molecular weight is 196 g/mol. The Bertz CT molecular complexity index is 297. The molecule has 1 fully saturated rings. The van der Waals surface area contributed by atoms with Gasteiger partial charge in [-0.2, -0.15) is 0 Å². The lowest BCUT2D eigenvalue weighted by Gasteiger charge is -2.34. The van der Waals surface area contributed by atoms with Crippen LogP contribution in [0.25, 0.3) is 0 Å². The molecule has 1 aliphatic rings. The van der Waals surface area contributed by atoms with E-state index < -0.39 is 0 Å². The molecule has 1 saturated heterocycles. The molecule has 78 valence electrons.